The lowest BCUT2D eigenvalue weighted by Gasteiger charge is -2.28. The van der Waals surface area contributed by atoms with E-state index in [-0.39, 0.29) is 11.8 Å². The van der Waals surface area contributed by atoms with Crippen molar-refractivity contribution in [3.05, 3.63) is 29.8 Å². The number of carboxylic acids is 1. The van der Waals surface area contributed by atoms with Gasteiger partial charge in [-0.1, -0.05) is 25.0 Å². The molecule has 4 nitrogen and oxygen atoms in total. The molecular formula is C16H23NO3. The van der Waals surface area contributed by atoms with Crippen LogP contribution < -0.4 is 10.1 Å². The molecule has 0 aliphatic heterocycles. The molecule has 1 fully saturated rings. The number of hydrogen-bond donors (Lipinski definition) is 2. The summed E-state index contributed by atoms with van der Waals surface area (Å²) in [6, 6.07) is 7.94. The standard InChI is InChI=1S/C16H23NO3/c1-20-14-8-6-12(7-9-14)10-17-11-13-4-2-3-5-15(13)16(18)19/h6-9,13,15,17H,2-5,10-11H2,1H3,(H,18,19). The third-order valence-corrected chi connectivity index (χ3v) is 4.12. The Morgan fingerprint density at radius 2 is 2.00 bits per heavy atom. The molecule has 0 radical (unpaired) electrons. The Hall–Kier alpha value is -1.55. The normalized spacial score (nSPS) is 22.4. The fourth-order valence-electron chi connectivity index (χ4n) is 2.92. The molecule has 0 saturated heterocycles. The maximum absolute atomic E-state index is 11.2. The summed E-state index contributed by atoms with van der Waals surface area (Å²) < 4.78 is 5.12. The van der Waals surface area contributed by atoms with Gasteiger partial charge in [-0.3, -0.25) is 4.79 Å². The Balaban J connectivity index is 1.80. The first-order chi connectivity index (χ1) is 9.70. The summed E-state index contributed by atoms with van der Waals surface area (Å²) in [7, 11) is 1.66. The van der Waals surface area contributed by atoms with Gasteiger partial charge < -0.3 is 15.2 Å². The Bertz CT molecular complexity index is 430. The third-order valence-electron chi connectivity index (χ3n) is 4.12. The highest BCUT2D eigenvalue weighted by Gasteiger charge is 2.30. The number of aliphatic carboxylic acids is 1. The molecule has 4 heteroatoms. The molecule has 20 heavy (non-hydrogen) atoms. The van der Waals surface area contributed by atoms with Crippen LogP contribution in [0.4, 0.5) is 0 Å². The summed E-state index contributed by atoms with van der Waals surface area (Å²) >= 11 is 0. The smallest absolute Gasteiger partial charge is 0.306 e. The van der Waals surface area contributed by atoms with Gasteiger partial charge in [0.05, 0.1) is 13.0 Å². The van der Waals surface area contributed by atoms with Crippen LogP contribution in [0.15, 0.2) is 24.3 Å². The summed E-state index contributed by atoms with van der Waals surface area (Å²) in [4.78, 5) is 11.2. The molecule has 0 spiro atoms. The van der Waals surface area contributed by atoms with Crippen molar-refractivity contribution in [2.75, 3.05) is 13.7 Å². The summed E-state index contributed by atoms with van der Waals surface area (Å²) in [6.07, 6.45) is 4.04. The molecule has 0 aromatic heterocycles. The molecule has 0 amide bonds. The highest BCUT2D eigenvalue weighted by Crippen LogP contribution is 2.29. The molecule has 2 rings (SSSR count). The first-order valence-electron chi connectivity index (χ1n) is 7.27. The van der Waals surface area contributed by atoms with E-state index in [1.165, 1.54) is 5.56 Å². The summed E-state index contributed by atoms with van der Waals surface area (Å²) in [5, 5.41) is 12.6. The van der Waals surface area contributed by atoms with E-state index in [0.29, 0.717) is 0 Å². The first kappa shape index (κ1) is 14.9. The largest absolute Gasteiger partial charge is 0.497 e. The molecule has 2 unspecified atom stereocenters. The predicted molar refractivity (Wildman–Crippen MR) is 77.8 cm³/mol. The van der Waals surface area contributed by atoms with Crippen LogP contribution in [0.5, 0.6) is 5.75 Å². The molecule has 0 heterocycles. The molecule has 0 bridgehead atoms. The summed E-state index contributed by atoms with van der Waals surface area (Å²) in [5.74, 6) is 0.305. The SMILES string of the molecule is COc1ccc(CNCC2CCCCC2C(=O)O)cc1. The van der Waals surface area contributed by atoms with Crippen molar-refractivity contribution in [1.29, 1.82) is 0 Å². The van der Waals surface area contributed by atoms with E-state index in [4.69, 9.17) is 4.74 Å². The van der Waals surface area contributed by atoms with E-state index in [1.807, 2.05) is 24.3 Å². The Morgan fingerprint density at radius 3 is 2.65 bits per heavy atom. The number of hydrogen-bond acceptors (Lipinski definition) is 3. The van der Waals surface area contributed by atoms with Gasteiger partial charge in [0, 0.05) is 6.54 Å². The average Bonchev–Trinajstić information content (AvgIpc) is 2.48. The third kappa shape index (κ3) is 3.97. The van der Waals surface area contributed by atoms with Gasteiger partial charge in [-0.25, -0.2) is 0 Å². The fourth-order valence-corrected chi connectivity index (χ4v) is 2.92. The Kier molecular flexibility index (Phi) is 5.41. The minimum atomic E-state index is -0.638. The second kappa shape index (κ2) is 7.29. The van der Waals surface area contributed by atoms with Crippen molar-refractivity contribution in [2.45, 2.75) is 32.2 Å². The van der Waals surface area contributed by atoms with Crippen LogP contribution in [0.25, 0.3) is 0 Å². The van der Waals surface area contributed by atoms with Gasteiger partial charge in [0.25, 0.3) is 0 Å². The van der Waals surface area contributed by atoms with Gasteiger partial charge in [0.1, 0.15) is 5.75 Å². The van der Waals surface area contributed by atoms with Crippen LogP contribution in [-0.2, 0) is 11.3 Å². The number of ether oxygens (including phenoxy) is 1. The minimum Gasteiger partial charge on any atom is -0.497 e. The van der Waals surface area contributed by atoms with Crippen LogP contribution in [-0.4, -0.2) is 24.7 Å². The lowest BCUT2D eigenvalue weighted by Crippen LogP contribution is -2.34. The zero-order valence-corrected chi connectivity index (χ0v) is 12.0. The van der Waals surface area contributed by atoms with Crippen molar-refractivity contribution in [3.8, 4) is 5.75 Å². The van der Waals surface area contributed by atoms with Crippen molar-refractivity contribution in [1.82, 2.24) is 5.32 Å². The molecule has 1 saturated carbocycles. The van der Waals surface area contributed by atoms with E-state index in [9.17, 15) is 9.90 Å². The van der Waals surface area contributed by atoms with Crippen LogP contribution >= 0.6 is 0 Å². The second-order valence-corrected chi connectivity index (χ2v) is 5.47. The minimum absolute atomic E-state index is 0.174. The van der Waals surface area contributed by atoms with E-state index in [1.54, 1.807) is 7.11 Å². The molecule has 1 aliphatic carbocycles. The highest BCUT2D eigenvalue weighted by molar-refractivity contribution is 5.70. The molecule has 1 aliphatic rings. The molecule has 2 N–H and O–H groups in total. The van der Waals surface area contributed by atoms with E-state index in [0.717, 1.165) is 44.5 Å². The average molecular weight is 277 g/mol. The van der Waals surface area contributed by atoms with Crippen LogP contribution in [0, 0.1) is 11.8 Å². The van der Waals surface area contributed by atoms with E-state index >= 15 is 0 Å². The van der Waals surface area contributed by atoms with E-state index < -0.39 is 5.97 Å². The summed E-state index contributed by atoms with van der Waals surface area (Å²) in [6.45, 7) is 1.55. The number of nitrogens with one attached hydrogen (secondary N) is 1. The van der Waals surface area contributed by atoms with Crippen LogP contribution in [0.3, 0.4) is 0 Å². The Labute approximate surface area is 120 Å². The highest BCUT2D eigenvalue weighted by atomic mass is 16.5. The fraction of sp³-hybridized carbons (Fsp3) is 0.562. The molecule has 110 valence electrons. The van der Waals surface area contributed by atoms with Crippen molar-refractivity contribution < 1.29 is 14.6 Å². The monoisotopic (exact) mass is 277 g/mol. The van der Waals surface area contributed by atoms with Crippen molar-refractivity contribution >= 4 is 5.97 Å². The lowest BCUT2D eigenvalue weighted by molar-refractivity contribution is -0.144. The van der Waals surface area contributed by atoms with Crippen molar-refractivity contribution in [3.63, 3.8) is 0 Å². The lowest BCUT2D eigenvalue weighted by atomic mass is 9.79. The number of benzene rings is 1. The van der Waals surface area contributed by atoms with Crippen molar-refractivity contribution in [2.24, 2.45) is 11.8 Å². The topological polar surface area (TPSA) is 58.6 Å². The van der Waals surface area contributed by atoms with Gasteiger partial charge in [0.15, 0.2) is 0 Å². The van der Waals surface area contributed by atoms with Gasteiger partial charge in [-0.2, -0.15) is 0 Å². The number of carboxylic acid groups (broad SMARTS) is 1. The number of carbonyl (C=O) groups is 1. The summed E-state index contributed by atoms with van der Waals surface area (Å²) in [5.41, 5.74) is 1.19. The van der Waals surface area contributed by atoms with Crippen LogP contribution in [0.1, 0.15) is 31.2 Å². The van der Waals surface area contributed by atoms with Crippen LogP contribution in [0.2, 0.25) is 0 Å². The number of rotatable bonds is 6. The molecular weight excluding hydrogens is 254 g/mol. The molecule has 1 aromatic rings. The Morgan fingerprint density at radius 1 is 1.30 bits per heavy atom. The molecule has 2 atom stereocenters. The van der Waals surface area contributed by atoms with Gasteiger partial charge >= 0.3 is 5.97 Å². The maximum atomic E-state index is 11.2. The molecule has 1 aromatic carbocycles. The zero-order chi connectivity index (χ0) is 14.4. The van der Waals surface area contributed by atoms with E-state index in [2.05, 4.69) is 5.32 Å². The van der Waals surface area contributed by atoms with Gasteiger partial charge in [-0.05, 0) is 43.0 Å². The van der Waals surface area contributed by atoms with Gasteiger partial charge in [0.2, 0.25) is 0 Å². The second-order valence-electron chi connectivity index (χ2n) is 5.47. The predicted octanol–water partition coefficient (Wildman–Crippen LogP) is 2.68. The zero-order valence-electron chi connectivity index (χ0n) is 12.0. The first-order valence-corrected chi connectivity index (χ1v) is 7.27. The maximum Gasteiger partial charge on any atom is 0.306 e. The quantitative estimate of drug-likeness (QED) is 0.839. The number of methoxy groups -OCH3 is 1. The van der Waals surface area contributed by atoms with Gasteiger partial charge in [-0.15, -0.1) is 0 Å².